The van der Waals surface area contributed by atoms with Crippen LogP contribution in [0.5, 0.6) is 0 Å². The van der Waals surface area contributed by atoms with Gasteiger partial charge in [0.05, 0.1) is 11.9 Å². The summed E-state index contributed by atoms with van der Waals surface area (Å²) in [5.41, 5.74) is 3.46. The van der Waals surface area contributed by atoms with Crippen LogP contribution >= 0.6 is 11.6 Å². The minimum Gasteiger partial charge on any atom is -0.354 e. The Labute approximate surface area is 243 Å². The van der Waals surface area contributed by atoms with Gasteiger partial charge in [0, 0.05) is 24.5 Å². The van der Waals surface area contributed by atoms with Crippen molar-refractivity contribution < 1.29 is 18.0 Å². The maximum absolute atomic E-state index is 14.2. The van der Waals surface area contributed by atoms with E-state index in [4.69, 9.17) is 11.6 Å². The highest BCUT2D eigenvalue weighted by Crippen LogP contribution is 2.28. The minimum atomic E-state index is -3.84. The topological polar surface area (TPSA) is 86.8 Å². The Bertz CT molecular complexity index is 1390. The van der Waals surface area contributed by atoms with Gasteiger partial charge in [0.2, 0.25) is 21.8 Å². The van der Waals surface area contributed by atoms with E-state index < -0.39 is 28.5 Å². The predicted octanol–water partition coefficient (Wildman–Crippen LogP) is 5.28. The van der Waals surface area contributed by atoms with Gasteiger partial charge in [-0.05, 0) is 48.6 Å². The molecule has 9 heteroatoms. The summed E-state index contributed by atoms with van der Waals surface area (Å²) in [5, 5.41) is 3.43. The fraction of sp³-hybridized carbons (Fsp3) is 0.355. The number of hydrogen-bond donors (Lipinski definition) is 1. The van der Waals surface area contributed by atoms with Gasteiger partial charge in [-0.15, -0.1) is 0 Å². The lowest BCUT2D eigenvalue weighted by Crippen LogP contribution is -2.53. The third-order valence-electron chi connectivity index (χ3n) is 6.77. The van der Waals surface area contributed by atoms with Gasteiger partial charge in [-0.3, -0.25) is 13.9 Å². The average molecular weight is 584 g/mol. The van der Waals surface area contributed by atoms with Crippen molar-refractivity contribution in [2.45, 2.75) is 52.6 Å². The molecule has 0 heterocycles. The summed E-state index contributed by atoms with van der Waals surface area (Å²) in [7, 11) is -3.84. The first-order chi connectivity index (χ1) is 19.0. The molecule has 0 spiro atoms. The van der Waals surface area contributed by atoms with E-state index in [9.17, 15) is 18.0 Å². The van der Waals surface area contributed by atoms with Crippen LogP contribution in [0.25, 0.3) is 0 Å². The van der Waals surface area contributed by atoms with Gasteiger partial charge in [-0.1, -0.05) is 91.7 Å². The Morgan fingerprint density at radius 2 is 1.55 bits per heavy atom. The zero-order valence-electron chi connectivity index (χ0n) is 23.6. The predicted molar refractivity (Wildman–Crippen MR) is 162 cm³/mol. The second-order valence-corrected chi connectivity index (χ2v) is 12.3. The summed E-state index contributed by atoms with van der Waals surface area (Å²) >= 11 is 6.49. The van der Waals surface area contributed by atoms with Gasteiger partial charge in [-0.25, -0.2) is 8.42 Å². The van der Waals surface area contributed by atoms with Gasteiger partial charge in [0.1, 0.15) is 12.6 Å². The SMILES string of the molecule is CCCCNC(=O)C(Cc1ccccc1)N(Cc1ccccc1Cl)C(=O)CN(c1c(C)cccc1C)S(C)(=O)=O. The van der Waals surface area contributed by atoms with E-state index in [1.165, 1.54) is 4.90 Å². The molecular weight excluding hydrogens is 546 g/mol. The molecule has 0 aliphatic heterocycles. The Morgan fingerprint density at radius 3 is 2.15 bits per heavy atom. The monoisotopic (exact) mass is 583 g/mol. The molecule has 0 saturated carbocycles. The van der Waals surface area contributed by atoms with Crippen LogP contribution in [0.4, 0.5) is 5.69 Å². The molecule has 7 nitrogen and oxygen atoms in total. The summed E-state index contributed by atoms with van der Waals surface area (Å²) in [6.07, 6.45) is 3.06. The molecule has 3 aromatic carbocycles. The molecule has 2 amide bonds. The summed E-state index contributed by atoms with van der Waals surface area (Å²) in [4.78, 5) is 29.3. The van der Waals surface area contributed by atoms with Gasteiger partial charge >= 0.3 is 0 Å². The Balaban J connectivity index is 2.08. The van der Waals surface area contributed by atoms with Gasteiger partial charge in [-0.2, -0.15) is 0 Å². The molecule has 1 N–H and O–H groups in total. The molecule has 0 radical (unpaired) electrons. The first-order valence-electron chi connectivity index (χ1n) is 13.4. The number of carbonyl (C=O) groups is 2. The average Bonchev–Trinajstić information content (AvgIpc) is 2.91. The van der Waals surface area contributed by atoms with Crippen LogP contribution in [0.1, 0.15) is 42.0 Å². The zero-order chi connectivity index (χ0) is 29.3. The standard InChI is InChI=1S/C31H38ClN3O4S/c1-5-6-19-33-31(37)28(20-25-15-8-7-9-16-25)34(21-26-17-10-11-18-27(26)32)29(36)22-35(40(4,38)39)30-23(2)13-12-14-24(30)3/h7-18,28H,5-6,19-22H2,1-4H3,(H,33,37). The Morgan fingerprint density at radius 1 is 0.925 bits per heavy atom. The van der Waals surface area contributed by atoms with Crippen molar-refractivity contribution in [2.75, 3.05) is 23.7 Å². The third kappa shape index (κ3) is 8.32. The van der Waals surface area contributed by atoms with Gasteiger partial charge in [0.15, 0.2) is 0 Å². The number of rotatable bonds is 13. The molecule has 0 fully saturated rings. The molecule has 0 aliphatic rings. The fourth-order valence-electron chi connectivity index (χ4n) is 4.65. The van der Waals surface area contributed by atoms with Crippen LogP contribution in [0, 0.1) is 13.8 Å². The van der Waals surface area contributed by atoms with E-state index in [2.05, 4.69) is 5.32 Å². The van der Waals surface area contributed by atoms with E-state index in [1.807, 2.05) is 75.4 Å². The molecule has 0 aromatic heterocycles. The summed E-state index contributed by atoms with van der Waals surface area (Å²) in [5.74, 6) is -0.796. The van der Waals surface area contributed by atoms with Crippen molar-refractivity contribution in [3.8, 4) is 0 Å². The van der Waals surface area contributed by atoms with Crippen molar-refractivity contribution in [1.82, 2.24) is 10.2 Å². The molecular formula is C31H38ClN3O4S. The molecule has 3 rings (SSSR count). The number of sulfonamides is 1. The number of unbranched alkanes of at least 4 members (excludes halogenated alkanes) is 1. The van der Waals surface area contributed by atoms with Crippen molar-refractivity contribution in [1.29, 1.82) is 0 Å². The number of carbonyl (C=O) groups excluding carboxylic acids is 2. The molecule has 0 aliphatic carbocycles. The number of nitrogens with one attached hydrogen (secondary N) is 1. The van der Waals surface area contributed by atoms with E-state index in [0.29, 0.717) is 22.8 Å². The van der Waals surface area contributed by atoms with E-state index in [1.54, 1.807) is 18.2 Å². The summed E-state index contributed by atoms with van der Waals surface area (Å²) in [6, 6.07) is 21.2. The number of para-hydroxylation sites is 1. The van der Waals surface area contributed by atoms with Crippen LogP contribution in [-0.4, -0.2) is 50.5 Å². The maximum atomic E-state index is 14.2. The highest BCUT2D eigenvalue weighted by atomic mass is 35.5. The molecule has 0 saturated heterocycles. The second-order valence-electron chi connectivity index (χ2n) is 9.97. The number of anilines is 1. The number of benzene rings is 3. The zero-order valence-corrected chi connectivity index (χ0v) is 25.1. The fourth-order valence-corrected chi connectivity index (χ4v) is 5.81. The highest BCUT2D eigenvalue weighted by molar-refractivity contribution is 7.92. The van der Waals surface area contributed by atoms with Gasteiger partial charge < -0.3 is 10.2 Å². The normalized spacial score (nSPS) is 12.0. The third-order valence-corrected chi connectivity index (χ3v) is 8.25. The quantitative estimate of drug-likeness (QED) is 0.277. The van der Waals surface area contributed by atoms with E-state index >= 15 is 0 Å². The Kier molecular flexibility index (Phi) is 11.2. The van der Waals surface area contributed by atoms with Crippen molar-refractivity contribution >= 4 is 39.1 Å². The number of aryl methyl sites for hydroxylation is 2. The van der Waals surface area contributed by atoms with E-state index in [0.717, 1.165) is 40.1 Å². The lowest BCUT2D eigenvalue weighted by Gasteiger charge is -2.34. The smallest absolute Gasteiger partial charge is 0.244 e. The van der Waals surface area contributed by atoms with Crippen LogP contribution in [0.2, 0.25) is 5.02 Å². The van der Waals surface area contributed by atoms with Gasteiger partial charge in [0.25, 0.3) is 0 Å². The van der Waals surface area contributed by atoms with Crippen molar-refractivity contribution in [3.05, 3.63) is 100 Å². The number of halogens is 1. The molecule has 1 atom stereocenters. The van der Waals surface area contributed by atoms with Crippen LogP contribution in [0.15, 0.2) is 72.8 Å². The first-order valence-corrected chi connectivity index (χ1v) is 15.6. The largest absolute Gasteiger partial charge is 0.354 e. The number of nitrogens with zero attached hydrogens (tertiary/aromatic N) is 2. The van der Waals surface area contributed by atoms with Crippen LogP contribution in [0.3, 0.4) is 0 Å². The molecule has 0 bridgehead atoms. The van der Waals surface area contributed by atoms with Crippen molar-refractivity contribution in [3.63, 3.8) is 0 Å². The minimum absolute atomic E-state index is 0.0432. The van der Waals surface area contributed by atoms with E-state index in [-0.39, 0.29) is 18.9 Å². The second kappa shape index (κ2) is 14.3. The molecule has 3 aromatic rings. The number of amides is 2. The summed E-state index contributed by atoms with van der Waals surface area (Å²) < 4.78 is 27.2. The first kappa shape index (κ1) is 31.2. The van der Waals surface area contributed by atoms with Crippen LogP contribution < -0.4 is 9.62 Å². The number of hydrogen-bond acceptors (Lipinski definition) is 4. The van der Waals surface area contributed by atoms with Crippen LogP contribution in [-0.2, 0) is 32.6 Å². The lowest BCUT2D eigenvalue weighted by atomic mass is 10.0. The molecule has 40 heavy (non-hydrogen) atoms. The molecule has 1 unspecified atom stereocenters. The van der Waals surface area contributed by atoms with Crippen molar-refractivity contribution in [2.24, 2.45) is 0 Å². The Hall–Kier alpha value is -3.36. The highest BCUT2D eigenvalue weighted by Gasteiger charge is 2.33. The summed E-state index contributed by atoms with van der Waals surface area (Å²) in [6.45, 7) is 5.72. The molecule has 214 valence electrons. The lowest BCUT2D eigenvalue weighted by molar-refractivity contribution is -0.140. The maximum Gasteiger partial charge on any atom is 0.244 e.